The van der Waals surface area contributed by atoms with E-state index in [-0.39, 0.29) is 5.92 Å². The molecule has 0 aliphatic carbocycles. The molecule has 2 aromatic rings. The molecule has 3 nitrogen and oxygen atoms in total. The zero-order valence-corrected chi connectivity index (χ0v) is 18.2. The number of hydrogen-bond donors (Lipinski definition) is 0. The van der Waals surface area contributed by atoms with E-state index in [0.717, 1.165) is 5.56 Å². The van der Waals surface area contributed by atoms with Crippen molar-refractivity contribution in [2.24, 2.45) is 0 Å². The molecule has 0 N–H and O–H groups in total. The zero-order valence-electron chi connectivity index (χ0n) is 17.3. The van der Waals surface area contributed by atoms with E-state index in [4.69, 9.17) is 9.05 Å². The zero-order chi connectivity index (χ0) is 20.0. The predicted molar refractivity (Wildman–Crippen MR) is 114 cm³/mol. The van der Waals surface area contributed by atoms with Crippen LogP contribution in [0, 0.1) is 27.7 Å². The molecule has 2 aromatic carbocycles. The summed E-state index contributed by atoms with van der Waals surface area (Å²) in [5, 5.41) is 0. The van der Waals surface area contributed by atoms with Gasteiger partial charge in [-0.25, -0.2) is 0 Å². The fourth-order valence-electron chi connectivity index (χ4n) is 3.42. The summed E-state index contributed by atoms with van der Waals surface area (Å²) in [5.41, 5.74) is 7.47. The normalized spacial score (nSPS) is 13.3. The number of allylic oxidation sites excluding steroid dienone is 1. The number of hydrogen-bond acceptors (Lipinski definition) is 3. The third-order valence-electron chi connectivity index (χ3n) is 4.97. The second kappa shape index (κ2) is 9.50. The van der Waals surface area contributed by atoms with E-state index in [1.165, 1.54) is 27.8 Å². The molecule has 0 bridgehead atoms. The van der Waals surface area contributed by atoms with Gasteiger partial charge in [0.2, 0.25) is 0 Å². The maximum atomic E-state index is 13.0. The summed E-state index contributed by atoms with van der Waals surface area (Å²) in [6.07, 6.45) is 1.98. The highest BCUT2D eigenvalue weighted by Crippen LogP contribution is 2.50. The van der Waals surface area contributed by atoms with Crippen molar-refractivity contribution in [3.05, 3.63) is 81.7 Å². The summed E-state index contributed by atoms with van der Waals surface area (Å²) in [5.74, 6) is 1.62. The lowest BCUT2D eigenvalue weighted by atomic mass is 9.82. The van der Waals surface area contributed by atoms with Gasteiger partial charge in [-0.2, -0.15) is 0 Å². The van der Waals surface area contributed by atoms with E-state index in [9.17, 15) is 4.57 Å². The molecule has 0 fully saturated rings. The molecule has 4 heteroatoms. The highest BCUT2D eigenvalue weighted by Gasteiger charge is 2.23. The first-order valence-electron chi connectivity index (χ1n) is 9.53. The van der Waals surface area contributed by atoms with Crippen LogP contribution in [0.1, 0.15) is 53.1 Å². The van der Waals surface area contributed by atoms with Crippen LogP contribution in [-0.2, 0) is 13.6 Å². The Morgan fingerprint density at radius 1 is 0.926 bits per heavy atom. The van der Waals surface area contributed by atoms with Gasteiger partial charge in [0.15, 0.2) is 0 Å². The third kappa shape index (κ3) is 5.19. The van der Waals surface area contributed by atoms with E-state index < -0.39 is 7.60 Å². The molecule has 0 radical (unpaired) electrons. The summed E-state index contributed by atoms with van der Waals surface area (Å²) in [6.45, 7) is 12.9. The van der Waals surface area contributed by atoms with Crippen LogP contribution in [0.2, 0.25) is 0 Å². The van der Waals surface area contributed by atoms with E-state index in [1.54, 1.807) is 5.82 Å². The smallest absolute Gasteiger partial charge is 0.306 e. The van der Waals surface area contributed by atoms with Gasteiger partial charge in [0.25, 0.3) is 0 Å². The van der Waals surface area contributed by atoms with Crippen molar-refractivity contribution in [1.29, 1.82) is 0 Å². The molecule has 2 rings (SSSR count). The van der Waals surface area contributed by atoms with Gasteiger partial charge < -0.3 is 9.05 Å². The molecule has 146 valence electrons. The molecule has 1 unspecified atom stereocenters. The Balaban J connectivity index is 2.62. The first kappa shape index (κ1) is 21.6. The van der Waals surface area contributed by atoms with Gasteiger partial charge in [-0.3, -0.25) is 4.57 Å². The Hall–Kier alpha value is -1.67. The Morgan fingerprint density at radius 2 is 1.44 bits per heavy atom. The number of benzene rings is 2. The first-order chi connectivity index (χ1) is 12.8. The lowest BCUT2D eigenvalue weighted by Gasteiger charge is -2.23. The van der Waals surface area contributed by atoms with Gasteiger partial charge in [-0.05, 0) is 74.9 Å². The molecule has 27 heavy (non-hydrogen) atoms. The van der Waals surface area contributed by atoms with Crippen LogP contribution in [0.15, 0.2) is 48.3 Å². The molecule has 0 aliphatic rings. The Labute approximate surface area is 164 Å². The summed E-state index contributed by atoms with van der Waals surface area (Å²) in [7, 11) is -3.25. The Morgan fingerprint density at radius 3 is 1.93 bits per heavy atom. The molecule has 0 saturated heterocycles. The summed E-state index contributed by atoms with van der Waals surface area (Å²) in [6, 6.07) is 12.5. The predicted octanol–water partition coefficient (Wildman–Crippen LogP) is 6.83. The van der Waals surface area contributed by atoms with Gasteiger partial charge in [-0.1, -0.05) is 42.5 Å². The third-order valence-corrected chi connectivity index (χ3v) is 6.75. The second-order valence-corrected chi connectivity index (χ2v) is 8.67. The van der Waals surface area contributed by atoms with Crippen LogP contribution >= 0.6 is 7.60 Å². The van der Waals surface area contributed by atoms with Crippen molar-refractivity contribution in [2.75, 3.05) is 13.2 Å². The van der Waals surface area contributed by atoms with Gasteiger partial charge in [0.05, 0.1) is 13.2 Å². The highest BCUT2D eigenvalue weighted by molar-refractivity contribution is 7.57. The minimum atomic E-state index is -3.25. The maximum absolute atomic E-state index is 13.0. The minimum absolute atomic E-state index is 0.0148. The van der Waals surface area contributed by atoms with E-state index >= 15 is 0 Å². The summed E-state index contributed by atoms with van der Waals surface area (Å²) in [4.78, 5) is 0. The molecule has 0 saturated carbocycles. The van der Waals surface area contributed by atoms with Crippen LogP contribution in [0.3, 0.4) is 0 Å². The summed E-state index contributed by atoms with van der Waals surface area (Å²) < 4.78 is 23.8. The highest BCUT2D eigenvalue weighted by atomic mass is 31.2. The molecule has 0 aromatic heterocycles. The van der Waals surface area contributed by atoms with E-state index in [1.807, 2.05) is 38.1 Å². The average molecular weight is 386 g/mol. The largest absolute Gasteiger partial charge is 0.353 e. The maximum Gasteiger partial charge on any atom is 0.353 e. The van der Waals surface area contributed by atoms with Crippen molar-refractivity contribution in [3.63, 3.8) is 0 Å². The first-order valence-corrected chi connectivity index (χ1v) is 11.1. The van der Waals surface area contributed by atoms with Crippen LogP contribution in [-0.4, -0.2) is 13.2 Å². The van der Waals surface area contributed by atoms with Crippen LogP contribution in [0.5, 0.6) is 0 Å². The van der Waals surface area contributed by atoms with Crippen LogP contribution in [0.25, 0.3) is 0 Å². The van der Waals surface area contributed by atoms with Gasteiger partial charge in [0, 0.05) is 11.7 Å². The molecule has 0 spiro atoms. The molecular weight excluding hydrogens is 355 g/mol. The SMILES string of the molecule is CCOP(=O)(/C=C/C(c1ccccc1)c1c(C)c(C)cc(C)c1C)OCC. The standard InChI is InChI=1S/C23H31O3P/c1-7-25-27(24,26-8-2)15-14-22(21-12-10-9-11-13-21)23-19(5)17(3)16-18(4)20(23)6/h9-16,22H,7-8H2,1-6H3/b15-14+. The van der Waals surface area contributed by atoms with Crippen LogP contribution < -0.4 is 0 Å². The molecule has 0 amide bonds. The number of rotatable bonds is 8. The molecule has 0 aliphatic heterocycles. The quantitative estimate of drug-likeness (QED) is 0.466. The second-order valence-electron chi connectivity index (χ2n) is 6.78. The van der Waals surface area contributed by atoms with E-state index in [0.29, 0.717) is 13.2 Å². The fourth-order valence-corrected chi connectivity index (χ4v) is 4.77. The van der Waals surface area contributed by atoms with Crippen LogP contribution in [0.4, 0.5) is 0 Å². The van der Waals surface area contributed by atoms with Crippen molar-refractivity contribution < 1.29 is 13.6 Å². The van der Waals surface area contributed by atoms with Gasteiger partial charge in [-0.15, -0.1) is 0 Å². The van der Waals surface area contributed by atoms with Crippen molar-refractivity contribution in [2.45, 2.75) is 47.5 Å². The Kier molecular flexibility index (Phi) is 7.61. The fraction of sp³-hybridized carbons (Fsp3) is 0.391. The number of aryl methyl sites for hydroxylation is 2. The van der Waals surface area contributed by atoms with Crippen molar-refractivity contribution >= 4 is 7.60 Å². The van der Waals surface area contributed by atoms with Crippen molar-refractivity contribution in [1.82, 2.24) is 0 Å². The van der Waals surface area contributed by atoms with E-state index in [2.05, 4.69) is 45.9 Å². The summed E-state index contributed by atoms with van der Waals surface area (Å²) >= 11 is 0. The monoisotopic (exact) mass is 386 g/mol. The lowest BCUT2D eigenvalue weighted by molar-refractivity contribution is 0.229. The van der Waals surface area contributed by atoms with Crippen molar-refractivity contribution in [3.8, 4) is 0 Å². The Bertz CT molecular complexity index is 804. The van der Waals surface area contributed by atoms with Gasteiger partial charge in [0.1, 0.15) is 0 Å². The molecule has 1 atom stereocenters. The lowest BCUT2D eigenvalue weighted by Crippen LogP contribution is -2.06. The topological polar surface area (TPSA) is 35.5 Å². The van der Waals surface area contributed by atoms with Gasteiger partial charge >= 0.3 is 7.60 Å². The molecular formula is C23H31O3P. The molecule has 0 heterocycles. The average Bonchev–Trinajstić information content (AvgIpc) is 2.64. The minimum Gasteiger partial charge on any atom is -0.306 e.